The fraction of sp³-hybridized carbons (Fsp3) is 0.462. The van der Waals surface area contributed by atoms with Gasteiger partial charge in [0.1, 0.15) is 4.83 Å². The SMILES string of the molecule is CCc1c(C)sc2[nH]c(=O)n(CCCC#N)c(=O)c12. The van der Waals surface area contributed by atoms with E-state index in [2.05, 4.69) is 4.98 Å². The van der Waals surface area contributed by atoms with E-state index < -0.39 is 0 Å². The topological polar surface area (TPSA) is 78.7 Å². The molecular formula is C13H15N3O2S. The van der Waals surface area contributed by atoms with Crippen molar-refractivity contribution in [2.45, 2.75) is 39.7 Å². The Kier molecular flexibility index (Phi) is 3.86. The zero-order valence-electron chi connectivity index (χ0n) is 10.9. The number of fused-ring (bicyclic) bond motifs is 1. The lowest BCUT2D eigenvalue weighted by atomic mass is 10.1. The molecule has 0 unspecified atom stereocenters. The van der Waals surface area contributed by atoms with Crippen LogP contribution in [0.5, 0.6) is 0 Å². The maximum atomic E-state index is 12.4. The van der Waals surface area contributed by atoms with Crippen LogP contribution < -0.4 is 11.2 Å². The van der Waals surface area contributed by atoms with Crippen LogP contribution in [0.3, 0.4) is 0 Å². The van der Waals surface area contributed by atoms with Gasteiger partial charge in [-0.15, -0.1) is 11.3 Å². The van der Waals surface area contributed by atoms with Crippen molar-refractivity contribution in [1.82, 2.24) is 9.55 Å². The summed E-state index contributed by atoms with van der Waals surface area (Å²) in [4.78, 5) is 28.8. The molecule has 6 heteroatoms. The van der Waals surface area contributed by atoms with Crippen LogP contribution in [0.1, 0.15) is 30.2 Å². The van der Waals surface area contributed by atoms with Gasteiger partial charge in [-0.2, -0.15) is 5.26 Å². The van der Waals surface area contributed by atoms with Crippen LogP contribution in [-0.4, -0.2) is 9.55 Å². The smallest absolute Gasteiger partial charge is 0.298 e. The molecule has 0 aliphatic heterocycles. The summed E-state index contributed by atoms with van der Waals surface area (Å²) < 4.78 is 1.20. The first-order chi connectivity index (χ1) is 9.10. The summed E-state index contributed by atoms with van der Waals surface area (Å²) in [5.41, 5.74) is 0.382. The van der Waals surface area contributed by atoms with Gasteiger partial charge in [-0.3, -0.25) is 14.3 Å². The van der Waals surface area contributed by atoms with Crippen molar-refractivity contribution in [2.75, 3.05) is 0 Å². The Hall–Kier alpha value is -1.87. The van der Waals surface area contributed by atoms with E-state index in [1.165, 1.54) is 15.9 Å². The van der Waals surface area contributed by atoms with E-state index in [-0.39, 0.29) is 17.8 Å². The number of hydrogen-bond acceptors (Lipinski definition) is 4. The summed E-state index contributed by atoms with van der Waals surface area (Å²) in [7, 11) is 0. The lowest BCUT2D eigenvalue weighted by Crippen LogP contribution is -2.34. The number of unbranched alkanes of at least 4 members (excludes halogenated alkanes) is 1. The first kappa shape index (κ1) is 13.6. The number of aryl methyl sites for hydroxylation is 2. The van der Waals surface area contributed by atoms with Gasteiger partial charge < -0.3 is 0 Å². The molecule has 0 aromatic carbocycles. The average molecular weight is 277 g/mol. The van der Waals surface area contributed by atoms with Crippen LogP contribution in [-0.2, 0) is 13.0 Å². The molecular weight excluding hydrogens is 262 g/mol. The predicted octanol–water partition coefficient (Wildman–Crippen LogP) is 1.93. The predicted molar refractivity (Wildman–Crippen MR) is 75.7 cm³/mol. The number of aromatic amines is 1. The Morgan fingerprint density at radius 2 is 2.16 bits per heavy atom. The lowest BCUT2D eigenvalue weighted by Gasteiger charge is -2.03. The molecule has 0 radical (unpaired) electrons. The third kappa shape index (κ3) is 2.34. The molecule has 0 bridgehead atoms. The third-order valence-corrected chi connectivity index (χ3v) is 4.22. The highest BCUT2D eigenvalue weighted by atomic mass is 32.1. The number of thiophene rings is 1. The molecule has 0 saturated carbocycles. The lowest BCUT2D eigenvalue weighted by molar-refractivity contribution is 0.605. The fourth-order valence-electron chi connectivity index (χ4n) is 2.23. The van der Waals surface area contributed by atoms with E-state index in [4.69, 9.17) is 5.26 Å². The third-order valence-electron chi connectivity index (χ3n) is 3.16. The molecule has 19 heavy (non-hydrogen) atoms. The molecule has 2 aromatic rings. The molecule has 0 atom stereocenters. The fourth-order valence-corrected chi connectivity index (χ4v) is 3.36. The molecule has 0 fully saturated rings. The summed E-state index contributed by atoms with van der Waals surface area (Å²) in [5, 5.41) is 9.14. The van der Waals surface area contributed by atoms with E-state index in [0.29, 0.717) is 23.1 Å². The number of nitrogens with one attached hydrogen (secondary N) is 1. The molecule has 2 rings (SSSR count). The minimum Gasteiger partial charge on any atom is -0.298 e. The summed E-state index contributed by atoms with van der Waals surface area (Å²) >= 11 is 1.45. The molecule has 0 amide bonds. The van der Waals surface area contributed by atoms with E-state index in [9.17, 15) is 9.59 Å². The zero-order chi connectivity index (χ0) is 14.0. The van der Waals surface area contributed by atoms with Crippen molar-refractivity contribution in [3.8, 4) is 6.07 Å². The van der Waals surface area contributed by atoms with Crippen molar-refractivity contribution in [3.63, 3.8) is 0 Å². The molecule has 0 aliphatic rings. The number of aromatic nitrogens is 2. The number of nitriles is 1. The Morgan fingerprint density at radius 3 is 2.79 bits per heavy atom. The average Bonchev–Trinajstić information content (AvgIpc) is 2.69. The Morgan fingerprint density at radius 1 is 1.42 bits per heavy atom. The second kappa shape index (κ2) is 5.41. The van der Waals surface area contributed by atoms with Crippen molar-refractivity contribution in [2.24, 2.45) is 0 Å². The normalized spacial score (nSPS) is 10.8. The van der Waals surface area contributed by atoms with E-state index in [1.807, 2.05) is 19.9 Å². The summed E-state index contributed by atoms with van der Waals surface area (Å²) in [5.74, 6) is 0. The van der Waals surface area contributed by atoms with E-state index in [1.54, 1.807) is 0 Å². The van der Waals surface area contributed by atoms with Crippen LogP contribution in [0.15, 0.2) is 9.59 Å². The van der Waals surface area contributed by atoms with Gasteiger partial charge in [-0.1, -0.05) is 6.92 Å². The van der Waals surface area contributed by atoms with Crippen LogP contribution >= 0.6 is 11.3 Å². The largest absolute Gasteiger partial charge is 0.329 e. The molecule has 0 saturated heterocycles. The van der Waals surface area contributed by atoms with Gasteiger partial charge in [-0.05, 0) is 25.3 Å². The second-order valence-electron chi connectivity index (χ2n) is 4.34. The van der Waals surface area contributed by atoms with E-state index >= 15 is 0 Å². The zero-order valence-corrected chi connectivity index (χ0v) is 11.8. The minimum atomic E-state index is -0.389. The first-order valence-electron chi connectivity index (χ1n) is 6.22. The molecule has 1 N–H and O–H groups in total. The van der Waals surface area contributed by atoms with Gasteiger partial charge in [0.2, 0.25) is 0 Å². The second-order valence-corrected chi connectivity index (χ2v) is 5.57. The van der Waals surface area contributed by atoms with Crippen molar-refractivity contribution < 1.29 is 0 Å². The highest BCUT2D eigenvalue weighted by Gasteiger charge is 2.15. The number of nitrogens with zero attached hydrogens (tertiary/aromatic N) is 2. The quantitative estimate of drug-likeness (QED) is 0.867. The van der Waals surface area contributed by atoms with Crippen molar-refractivity contribution in [3.05, 3.63) is 31.3 Å². The Bertz CT molecular complexity index is 761. The highest BCUT2D eigenvalue weighted by molar-refractivity contribution is 7.18. The van der Waals surface area contributed by atoms with Gasteiger partial charge in [0.05, 0.1) is 11.5 Å². The van der Waals surface area contributed by atoms with Crippen LogP contribution in [0, 0.1) is 18.3 Å². The number of hydrogen-bond donors (Lipinski definition) is 1. The number of H-pyrrole nitrogens is 1. The monoisotopic (exact) mass is 277 g/mol. The summed E-state index contributed by atoms with van der Waals surface area (Å²) in [6.07, 6.45) is 1.62. The maximum Gasteiger partial charge on any atom is 0.329 e. The molecule has 100 valence electrons. The highest BCUT2D eigenvalue weighted by Crippen LogP contribution is 2.26. The molecule has 0 aliphatic carbocycles. The summed E-state index contributed by atoms with van der Waals surface area (Å²) in [6.45, 7) is 4.25. The standard InChI is InChI=1S/C13H15N3O2S/c1-3-9-8(2)19-11-10(9)12(17)16(13(18)15-11)7-5-4-6-14/h3-5,7H2,1-2H3,(H,15,18). The van der Waals surface area contributed by atoms with Crippen molar-refractivity contribution in [1.29, 1.82) is 5.26 Å². The van der Waals surface area contributed by atoms with Gasteiger partial charge in [0.25, 0.3) is 5.56 Å². The molecule has 2 aromatic heterocycles. The number of rotatable bonds is 4. The van der Waals surface area contributed by atoms with Crippen molar-refractivity contribution >= 4 is 21.6 Å². The van der Waals surface area contributed by atoms with Crippen LogP contribution in [0.25, 0.3) is 10.2 Å². The van der Waals surface area contributed by atoms with Crippen LogP contribution in [0.4, 0.5) is 0 Å². The van der Waals surface area contributed by atoms with Crippen LogP contribution in [0.2, 0.25) is 0 Å². The molecule has 5 nitrogen and oxygen atoms in total. The minimum absolute atomic E-state index is 0.238. The molecule has 0 spiro atoms. The van der Waals surface area contributed by atoms with Gasteiger partial charge in [0.15, 0.2) is 0 Å². The Balaban J connectivity index is 2.63. The van der Waals surface area contributed by atoms with Gasteiger partial charge in [-0.25, -0.2) is 4.79 Å². The summed E-state index contributed by atoms with van der Waals surface area (Å²) in [6, 6.07) is 2.02. The maximum absolute atomic E-state index is 12.4. The van der Waals surface area contributed by atoms with Gasteiger partial charge >= 0.3 is 5.69 Å². The van der Waals surface area contributed by atoms with Gasteiger partial charge in [0, 0.05) is 17.8 Å². The van der Waals surface area contributed by atoms with E-state index in [0.717, 1.165) is 16.9 Å². The first-order valence-corrected chi connectivity index (χ1v) is 7.03. The molecule has 2 heterocycles. The Labute approximate surface area is 114 Å².